The van der Waals surface area contributed by atoms with Crippen molar-refractivity contribution < 1.29 is 5.11 Å². The average molecular weight is 133 g/mol. The van der Waals surface area contributed by atoms with Gasteiger partial charge in [0.15, 0.2) is 0 Å². The van der Waals surface area contributed by atoms with Crippen molar-refractivity contribution in [3.05, 3.63) is 0 Å². The second kappa shape index (κ2) is 3.36. The fourth-order valence-corrected chi connectivity index (χ4v) is 1.04. The summed E-state index contributed by atoms with van der Waals surface area (Å²) in [5.41, 5.74) is 0. The van der Waals surface area contributed by atoms with E-state index in [1.807, 2.05) is 0 Å². The van der Waals surface area contributed by atoms with Gasteiger partial charge < -0.3 is 0 Å². The molecule has 0 saturated heterocycles. The van der Waals surface area contributed by atoms with Crippen LogP contribution in [0.3, 0.4) is 0 Å². The van der Waals surface area contributed by atoms with Gasteiger partial charge in [-0.15, -0.1) is 0 Å². The Balaban J connectivity index is 3.11. The van der Waals surface area contributed by atoms with Crippen molar-refractivity contribution in [1.82, 2.24) is 0 Å². The van der Waals surface area contributed by atoms with Crippen molar-refractivity contribution >= 4 is 11.8 Å². The van der Waals surface area contributed by atoms with Gasteiger partial charge in [0, 0.05) is 10.5 Å². The highest BCUT2D eigenvalue weighted by Gasteiger charge is 2.08. The lowest BCUT2D eigenvalue weighted by atomic mass is 10.3. The van der Waals surface area contributed by atoms with Crippen LogP contribution in [0.25, 0.3) is 0 Å². The predicted octanol–water partition coefficient (Wildman–Crippen LogP) is 1.95. The standard InChI is InChI=1S/C6H13OS/c1-6(2,3)8-5-4-7/h4-5H2,1-3H3. The first-order valence-electron chi connectivity index (χ1n) is 2.78. The topological polar surface area (TPSA) is 19.9 Å². The minimum absolute atomic E-state index is 0.0436. The Morgan fingerprint density at radius 3 is 2.00 bits per heavy atom. The maximum Gasteiger partial charge on any atom is 0.0912 e. The molecule has 0 aromatic rings. The number of hydrogen-bond donors (Lipinski definition) is 0. The van der Waals surface area contributed by atoms with Crippen LogP contribution in [0, 0.1) is 0 Å². The first kappa shape index (κ1) is 8.31. The fraction of sp³-hybridized carbons (Fsp3) is 1.00. The van der Waals surface area contributed by atoms with Gasteiger partial charge in [-0.05, 0) is 0 Å². The number of hydrogen-bond acceptors (Lipinski definition) is 1. The summed E-state index contributed by atoms with van der Waals surface area (Å²) >= 11 is 1.72. The summed E-state index contributed by atoms with van der Waals surface area (Å²) in [5, 5.41) is 9.96. The van der Waals surface area contributed by atoms with Crippen molar-refractivity contribution in [1.29, 1.82) is 0 Å². The lowest BCUT2D eigenvalue weighted by Gasteiger charge is -2.15. The molecule has 0 aliphatic carbocycles. The Hall–Kier alpha value is 0.310. The molecule has 0 aliphatic rings. The lowest BCUT2D eigenvalue weighted by Crippen LogP contribution is -2.08. The van der Waals surface area contributed by atoms with E-state index in [-0.39, 0.29) is 11.4 Å². The van der Waals surface area contributed by atoms with Crippen LogP contribution in [0.2, 0.25) is 0 Å². The Bertz CT molecular complexity index is 56.0. The number of thioether (sulfide) groups is 1. The minimum atomic E-state index is 0.0436. The normalized spacial score (nSPS) is 12.0. The van der Waals surface area contributed by atoms with E-state index in [1.54, 1.807) is 11.8 Å². The van der Waals surface area contributed by atoms with E-state index in [4.69, 9.17) is 0 Å². The Kier molecular flexibility index (Phi) is 3.49. The van der Waals surface area contributed by atoms with E-state index >= 15 is 0 Å². The van der Waals surface area contributed by atoms with Gasteiger partial charge >= 0.3 is 0 Å². The third-order valence-corrected chi connectivity index (χ3v) is 1.86. The summed E-state index contributed by atoms with van der Waals surface area (Å²) in [6.07, 6.45) is 0. The number of rotatable bonds is 2. The molecule has 0 fully saturated rings. The summed E-state index contributed by atoms with van der Waals surface area (Å²) in [5.74, 6) is 0.740. The third-order valence-electron chi connectivity index (χ3n) is 0.618. The zero-order valence-electron chi connectivity index (χ0n) is 5.73. The summed E-state index contributed by atoms with van der Waals surface area (Å²) in [4.78, 5) is 0. The van der Waals surface area contributed by atoms with Crippen LogP contribution in [-0.4, -0.2) is 17.1 Å². The van der Waals surface area contributed by atoms with Crippen molar-refractivity contribution in [2.45, 2.75) is 25.5 Å². The van der Waals surface area contributed by atoms with E-state index in [9.17, 15) is 5.11 Å². The smallest absolute Gasteiger partial charge is 0.0912 e. The van der Waals surface area contributed by atoms with Crippen molar-refractivity contribution in [3.63, 3.8) is 0 Å². The molecular weight excluding hydrogens is 120 g/mol. The van der Waals surface area contributed by atoms with Gasteiger partial charge in [0.05, 0.1) is 6.61 Å². The van der Waals surface area contributed by atoms with E-state index in [2.05, 4.69) is 20.8 Å². The molecule has 0 saturated carbocycles. The Morgan fingerprint density at radius 1 is 1.38 bits per heavy atom. The molecule has 0 N–H and O–H groups in total. The quantitative estimate of drug-likeness (QED) is 0.563. The van der Waals surface area contributed by atoms with E-state index in [0.29, 0.717) is 0 Å². The molecule has 1 nitrogen and oxygen atoms in total. The Labute approximate surface area is 55.5 Å². The molecule has 0 bridgehead atoms. The molecular formula is C6H13OS. The molecule has 0 aromatic heterocycles. The average Bonchev–Trinajstić information content (AvgIpc) is 1.59. The van der Waals surface area contributed by atoms with E-state index in [1.165, 1.54) is 0 Å². The van der Waals surface area contributed by atoms with Crippen LogP contribution in [0.15, 0.2) is 0 Å². The van der Waals surface area contributed by atoms with Gasteiger partial charge in [0.25, 0.3) is 0 Å². The van der Waals surface area contributed by atoms with Crippen LogP contribution >= 0.6 is 11.8 Å². The van der Waals surface area contributed by atoms with Crippen LogP contribution in [0.1, 0.15) is 20.8 Å². The summed E-state index contributed by atoms with van der Waals surface area (Å²) in [6, 6.07) is 0. The monoisotopic (exact) mass is 133 g/mol. The lowest BCUT2D eigenvalue weighted by molar-refractivity contribution is 0.215. The molecule has 0 rings (SSSR count). The summed E-state index contributed by atoms with van der Waals surface area (Å²) in [7, 11) is 0. The first-order chi connectivity index (χ1) is 3.56. The van der Waals surface area contributed by atoms with Crippen molar-refractivity contribution in [3.8, 4) is 0 Å². The van der Waals surface area contributed by atoms with Crippen LogP contribution in [-0.2, 0) is 5.11 Å². The highest BCUT2D eigenvalue weighted by molar-refractivity contribution is 8.00. The molecule has 0 heterocycles. The van der Waals surface area contributed by atoms with Crippen molar-refractivity contribution in [2.75, 3.05) is 12.4 Å². The zero-order valence-corrected chi connectivity index (χ0v) is 6.55. The van der Waals surface area contributed by atoms with E-state index < -0.39 is 0 Å². The van der Waals surface area contributed by atoms with E-state index in [0.717, 1.165) is 5.75 Å². The molecule has 0 aliphatic heterocycles. The first-order valence-corrected chi connectivity index (χ1v) is 3.77. The van der Waals surface area contributed by atoms with Gasteiger partial charge in [0.1, 0.15) is 0 Å². The van der Waals surface area contributed by atoms with Crippen LogP contribution < -0.4 is 0 Å². The second-order valence-corrected chi connectivity index (χ2v) is 4.59. The van der Waals surface area contributed by atoms with Crippen LogP contribution in [0.4, 0.5) is 0 Å². The molecule has 0 atom stereocenters. The van der Waals surface area contributed by atoms with Crippen molar-refractivity contribution in [2.24, 2.45) is 0 Å². The zero-order chi connectivity index (χ0) is 6.62. The fourth-order valence-electron chi connectivity index (χ4n) is 0.348. The maximum atomic E-state index is 9.96. The second-order valence-electron chi connectivity index (χ2n) is 2.66. The van der Waals surface area contributed by atoms with Crippen LogP contribution in [0.5, 0.6) is 0 Å². The highest BCUT2D eigenvalue weighted by atomic mass is 32.2. The molecule has 49 valence electrons. The molecule has 8 heavy (non-hydrogen) atoms. The SMILES string of the molecule is CC(C)(C)SCC[O]. The predicted molar refractivity (Wildman–Crippen MR) is 37.8 cm³/mol. The van der Waals surface area contributed by atoms with Gasteiger partial charge in [0.2, 0.25) is 0 Å². The Morgan fingerprint density at radius 2 is 1.88 bits per heavy atom. The summed E-state index contributed by atoms with van der Waals surface area (Å²) in [6.45, 7) is 6.40. The van der Waals surface area contributed by atoms with Gasteiger partial charge in [-0.2, -0.15) is 11.8 Å². The molecule has 2 heteroatoms. The van der Waals surface area contributed by atoms with Gasteiger partial charge in [-0.25, -0.2) is 5.11 Å². The largest absolute Gasteiger partial charge is 0.236 e. The van der Waals surface area contributed by atoms with Gasteiger partial charge in [-0.1, -0.05) is 20.8 Å². The molecule has 0 amide bonds. The third kappa shape index (κ3) is 6.31. The molecule has 0 aromatic carbocycles. The maximum absolute atomic E-state index is 9.96. The molecule has 1 radical (unpaired) electrons. The molecule has 0 spiro atoms. The summed E-state index contributed by atoms with van der Waals surface area (Å²) < 4.78 is 0.268. The minimum Gasteiger partial charge on any atom is -0.236 e. The molecule has 0 unspecified atom stereocenters. The highest BCUT2D eigenvalue weighted by Crippen LogP contribution is 2.21. The van der Waals surface area contributed by atoms with Gasteiger partial charge in [-0.3, -0.25) is 0 Å².